The molecule has 1 saturated heterocycles. The highest BCUT2D eigenvalue weighted by Gasteiger charge is 2.16. The van der Waals surface area contributed by atoms with E-state index in [-0.39, 0.29) is 25.0 Å². The van der Waals surface area contributed by atoms with E-state index in [4.69, 9.17) is 5.11 Å². The minimum Gasteiger partial charge on any atom is -0.395 e. The molecule has 0 saturated carbocycles. The Labute approximate surface area is 184 Å². The van der Waals surface area contributed by atoms with Crippen LogP contribution < -0.4 is 15.5 Å². The number of hydrogen-bond acceptors (Lipinski definition) is 7. The summed E-state index contributed by atoms with van der Waals surface area (Å²) in [6.07, 6.45) is 3.77. The zero-order valence-corrected chi connectivity index (χ0v) is 18.5. The number of aliphatic hydroxyl groups excluding tert-OH is 1. The number of benzene rings is 1. The first-order valence-corrected chi connectivity index (χ1v) is 11.2. The number of nitrogens with zero attached hydrogens (tertiary/aromatic N) is 4. The van der Waals surface area contributed by atoms with E-state index in [2.05, 4.69) is 56.4 Å². The van der Waals surface area contributed by atoms with Crippen molar-refractivity contribution in [2.75, 3.05) is 49.5 Å². The highest BCUT2D eigenvalue weighted by atomic mass is 16.3. The number of piperazine rings is 1. The van der Waals surface area contributed by atoms with Gasteiger partial charge in [0.25, 0.3) is 0 Å². The Balaban J connectivity index is 1.54. The van der Waals surface area contributed by atoms with Gasteiger partial charge in [-0.1, -0.05) is 13.8 Å². The second kappa shape index (κ2) is 11.6. The number of anilines is 3. The number of rotatable bonds is 10. The highest BCUT2D eigenvalue weighted by molar-refractivity contribution is 5.78. The highest BCUT2D eigenvalue weighted by Crippen LogP contribution is 2.21. The lowest BCUT2D eigenvalue weighted by molar-refractivity contribution is -0.121. The van der Waals surface area contributed by atoms with Crippen molar-refractivity contribution in [1.29, 1.82) is 0 Å². The molecule has 0 aliphatic carbocycles. The Morgan fingerprint density at radius 3 is 2.45 bits per heavy atom. The number of hydrogen-bond donors (Lipinski definition) is 3. The molecule has 0 atom stereocenters. The summed E-state index contributed by atoms with van der Waals surface area (Å²) in [4.78, 5) is 25.6. The maximum absolute atomic E-state index is 12.2. The van der Waals surface area contributed by atoms with Crippen LogP contribution in [0.2, 0.25) is 0 Å². The fourth-order valence-electron chi connectivity index (χ4n) is 3.75. The maximum atomic E-state index is 12.2. The zero-order valence-electron chi connectivity index (χ0n) is 18.5. The molecular weight excluding hydrogens is 392 g/mol. The smallest absolute Gasteiger partial charge is 0.227 e. The molecule has 3 N–H and O–H groups in total. The van der Waals surface area contributed by atoms with Crippen molar-refractivity contribution in [3.05, 3.63) is 42.2 Å². The molecule has 1 aliphatic heterocycles. The molecule has 1 aromatic carbocycles. The molecule has 1 aromatic heterocycles. The summed E-state index contributed by atoms with van der Waals surface area (Å²) in [5, 5.41) is 15.3. The fourth-order valence-corrected chi connectivity index (χ4v) is 3.75. The number of β-amino-alcohol motifs (C(OH)–C–C–N with tert-alkyl or cyclic N) is 1. The summed E-state index contributed by atoms with van der Waals surface area (Å²) in [5.74, 6) is 0.472. The molecular formula is C23H34N6O2. The Morgan fingerprint density at radius 2 is 1.81 bits per heavy atom. The second-order valence-corrected chi connectivity index (χ2v) is 7.85. The van der Waals surface area contributed by atoms with Gasteiger partial charge in [-0.2, -0.15) is 0 Å². The summed E-state index contributed by atoms with van der Waals surface area (Å²) in [6, 6.07) is 10.2. The number of amides is 1. The van der Waals surface area contributed by atoms with Gasteiger partial charge in [0.1, 0.15) is 0 Å². The van der Waals surface area contributed by atoms with Crippen LogP contribution in [0, 0.1) is 0 Å². The van der Waals surface area contributed by atoms with E-state index in [9.17, 15) is 4.79 Å². The Kier molecular flexibility index (Phi) is 8.61. The normalized spacial score (nSPS) is 14.6. The van der Waals surface area contributed by atoms with E-state index in [1.54, 1.807) is 12.3 Å². The lowest BCUT2D eigenvalue weighted by Gasteiger charge is -2.35. The Hall–Kier alpha value is -2.71. The van der Waals surface area contributed by atoms with Crippen molar-refractivity contribution in [2.45, 2.75) is 39.2 Å². The van der Waals surface area contributed by atoms with Gasteiger partial charge in [-0.15, -0.1) is 0 Å². The predicted octanol–water partition coefficient (Wildman–Crippen LogP) is 2.18. The van der Waals surface area contributed by atoms with Crippen molar-refractivity contribution >= 4 is 23.2 Å². The van der Waals surface area contributed by atoms with Gasteiger partial charge in [-0.25, -0.2) is 9.97 Å². The van der Waals surface area contributed by atoms with E-state index >= 15 is 0 Å². The standard InChI is InChI=1S/C23H34N6O2/c1-3-18(4-2)25-22(31)17-20-9-10-24-23(27-20)26-19-5-7-21(8-6-19)29-13-11-28(12-14-29)15-16-30/h5-10,18,30H,3-4,11-17H2,1-2H3,(H,25,31)(H,24,26,27). The van der Waals surface area contributed by atoms with E-state index in [0.29, 0.717) is 11.6 Å². The molecule has 8 nitrogen and oxygen atoms in total. The fraction of sp³-hybridized carbons (Fsp3) is 0.522. The molecule has 1 aliphatic rings. The quantitative estimate of drug-likeness (QED) is 0.536. The van der Waals surface area contributed by atoms with Gasteiger partial charge in [0.05, 0.1) is 18.7 Å². The summed E-state index contributed by atoms with van der Waals surface area (Å²) < 4.78 is 0. The van der Waals surface area contributed by atoms with Gasteiger partial charge in [-0.05, 0) is 43.2 Å². The monoisotopic (exact) mass is 426 g/mol. The van der Waals surface area contributed by atoms with Crippen LogP contribution in [0.15, 0.2) is 36.5 Å². The van der Waals surface area contributed by atoms with Crippen molar-refractivity contribution < 1.29 is 9.90 Å². The lowest BCUT2D eigenvalue weighted by Crippen LogP contribution is -2.47. The van der Waals surface area contributed by atoms with E-state index in [0.717, 1.165) is 51.3 Å². The van der Waals surface area contributed by atoms with Gasteiger partial charge in [0, 0.05) is 56.3 Å². The molecule has 0 unspecified atom stereocenters. The average Bonchev–Trinajstić information content (AvgIpc) is 2.79. The first-order chi connectivity index (χ1) is 15.1. The number of nitrogens with one attached hydrogen (secondary N) is 2. The molecule has 8 heteroatoms. The minimum absolute atomic E-state index is 0.0122. The van der Waals surface area contributed by atoms with E-state index in [1.807, 2.05) is 12.1 Å². The van der Waals surface area contributed by atoms with Gasteiger partial charge in [0.2, 0.25) is 11.9 Å². The molecule has 168 valence electrons. The summed E-state index contributed by atoms with van der Waals surface area (Å²) in [5.41, 5.74) is 2.78. The van der Waals surface area contributed by atoms with Crippen molar-refractivity contribution in [3.8, 4) is 0 Å². The molecule has 1 amide bonds. The number of aromatic nitrogens is 2. The summed E-state index contributed by atoms with van der Waals surface area (Å²) >= 11 is 0. The predicted molar refractivity (Wildman–Crippen MR) is 124 cm³/mol. The maximum Gasteiger partial charge on any atom is 0.227 e. The molecule has 3 rings (SSSR count). The van der Waals surface area contributed by atoms with Gasteiger partial charge in [-0.3, -0.25) is 9.69 Å². The largest absolute Gasteiger partial charge is 0.395 e. The van der Waals surface area contributed by atoms with Crippen LogP contribution in [0.3, 0.4) is 0 Å². The van der Waals surface area contributed by atoms with Crippen LogP contribution in [-0.4, -0.2) is 71.3 Å². The van der Waals surface area contributed by atoms with Crippen LogP contribution in [0.25, 0.3) is 0 Å². The summed E-state index contributed by atoms with van der Waals surface area (Å²) in [7, 11) is 0. The van der Waals surface area contributed by atoms with Crippen LogP contribution >= 0.6 is 0 Å². The lowest BCUT2D eigenvalue weighted by atomic mass is 10.1. The van der Waals surface area contributed by atoms with Crippen molar-refractivity contribution in [2.24, 2.45) is 0 Å². The molecule has 1 fully saturated rings. The van der Waals surface area contributed by atoms with Crippen LogP contribution in [-0.2, 0) is 11.2 Å². The minimum atomic E-state index is -0.0122. The molecule has 0 radical (unpaired) electrons. The van der Waals surface area contributed by atoms with Crippen molar-refractivity contribution in [3.63, 3.8) is 0 Å². The number of carbonyl (C=O) groups is 1. The van der Waals surface area contributed by atoms with Gasteiger partial charge >= 0.3 is 0 Å². The van der Waals surface area contributed by atoms with E-state index < -0.39 is 0 Å². The third kappa shape index (κ3) is 6.90. The third-order valence-electron chi connectivity index (χ3n) is 5.68. The van der Waals surface area contributed by atoms with Crippen LogP contribution in [0.1, 0.15) is 32.4 Å². The molecule has 2 heterocycles. The first kappa shape index (κ1) is 23.0. The van der Waals surface area contributed by atoms with Crippen LogP contribution in [0.4, 0.5) is 17.3 Å². The summed E-state index contributed by atoms with van der Waals surface area (Å²) in [6.45, 7) is 8.95. The van der Waals surface area contributed by atoms with Gasteiger partial charge in [0.15, 0.2) is 0 Å². The van der Waals surface area contributed by atoms with Crippen LogP contribution in [0.5, 0.6) is 0 Å². The zero-order chi connectivity index (χ0) is 22.1. The molecule has 0 bridgehead atoms. The molecule has 0 spiro atoms. The van der Waals surface area contributed by atoms with Gasteiger partial charge < -0.3 is 20.6 Å². The Morgan fingerprint density at radius 1 is 1.10 bits per heavy atom. The SMILES string of the molecule is CCC(CC)NC(=O)Cc1ccnc(Nc2ccc(N3CCN(CCO)CC3)cc2)n1. The third-order valence-corrected chi connectivity index (χ3v) is 5.68. The second-order valence-electron chi connectivity index (χ2n) is 7.85. The Bertz CT molecular complexity index is 817. The number of aliphatic hydroxyl groups is 1. The topological polar surface area (TPSA) is 93.6 Å². The average molecular weight is 427 g/mol. The van der Waals surface area contributed by atoms with E-state index in [1.165, 1.54) is 5.69 Å². The molecule has 2 aromatic rings. The van der Waals surface area contributed by atoms with Crippen molar-refractivity contribution in [1.82, 2.24) is 20.2 Å². The first-order valence-electron chi connectivity index (χ1n) is 11.2. The molecule has 31 heavy (non-hydrogen) atoms. The number of carbonyl (C=O) groups excluding carboxylic acids is 1.